The highest BCUT2D eigenvalue weighted by atomic mass is 79.9. The van der Waals surface area contributed by atoms with Gasteiger partial charge in [-0.25, -0.2) is 0 Å². The molecule has 2 atom stereocenters. The molecule has 5 heteroatoms. The first kappa shape index (κ1) is 18.0. The number of amides is 1. The van der Waals surface area contributed by atoms with E-state index in [1.165, 1.54) is 5.56 Å². The van der Waals surface area contributed by atoms with Gasteiger partial charge in [0.2, 0.25) is 0 Å². The van der Waals surface area contributed by atoms with Crippen LogP contribution in [0.1, 0.15) is 24.1 Å². The van der Waals surface area contributed by atoms with Gasteiger partial charge in [0, 0.05) is 15.1 Å². The van der Waals surface area contributed by atoms with E-state index in [0.29, 0.717) is 6.54 Å². The van der Waals surface area contributed by atoms with Crippen LogP contribution in [-0.2, 0) is 11.3 Å². The van der Waals surface area contributed by atoms with Gasteiger partial charge in [-0.3, -0.25) is 4.79 Å². The zero-order valence-corrected chi connectivity index (χ0v) is 15.6. The standard InChI is InChI=1S/C18H20BrClN2O/c1-13(15-5-7-16(19)8-6-15)21-18(23)12-22(2)11-14-3-9-17(20)10-4-14/h3-10,13H,11-12H2,1-2H3,(H,21,23)/p+1/t13-/m0/s1. The molecule has 2 aromatic rings. The van der Waals surface area contributed by atoms with E-state index in [4.69, 9.17) is 11.6 Å². The maximum atomic E-state index is 12.2. The molecule has 0 fully saturated rings. The maximum Gasteiger partial charge on any atom is 0.275 e. The molecule has 2 aromatic carbocycles. The van der Waals surface area contributed by atoms with Crippen molar-refractivity contribution in [2.75, 3.05) is 13.6 Å². The number of benzene rings is 2. The summed E-state index contributed by atoms with van der Waals surface area (Å²) >= 11 is 9.30. The average Bonchev–Trinajstić information content (AvgIpc) is 2.50. The van der Waals surface area contributed by atoms with Gasteiger partial charge in [-0.2, -0.15) is 0 Å². The predicted molar refractivity (Wildman–Crippen MR) is 97.6 cm³/mol. The van der Waals surface area contributed by atoms with E-state index >= 15 is 0 Å². The summed E-state index contributed by atoms with van der Waals surface area (Å²) in [6, 6.07) is 15.7. The molecule has 2 rings (SSSR count). The summed E-state index contributed by atoms with van der Waals surface area (Å²) in [5, 5.41) is 3.77. The minimum Gasteiger partial charge on any atom is -0.345 e. The van der Waals surface area contributed by atoms with E-state index in [1.54, 1.807) is 0 Å². The first-order chi connectivity index (χ1) is 10.9. The van der Waals surface area contributed by atoms with Gasteiger partial charge < -0.3 is 10.2 Å². The molecule has 0 aliphatic rings. The largest absolute Gasteiger partial charge is 0.345 e. The first-order valence-corrected chi connectivity index (χ1v) is 8.71. The third-order valence-corrected chi connectivity index (χ3v) is 4.41. The van der Waals surface area contributed by atoms with Crippen molar-refractivity contribution in [2.45, 2.75) is 19.5 Å². The number of hydrogen-bond donors (Lipinski definition) is 2. The third-order valence-electron chi connectivity index (χ3n) is 3.63. The molecule has 23 heavy (non-hydrogen) atoms. The van der Waals surface area contributed by atoms with E-state index in [9.17, 15) is 4.79 Å². The van der Waals surface area contributed by atoms with Crippen molar-refractivity contribution in [3.05, 3.63) is 69.2 Å². The van der Waals surface area contributed by atoms with Crippen LogP contribution in [-0.4, -0.2) is 19.5 Å². The minimum atomic E-state index is -0.000989. The fourth-order valence-electron chi connectivity index (χ4n) is 2.41. The van der Waals surface area contributed by atoms with Crippen molar-refractivity contribution in [3.63, 3.8) is 0 Å². The summed E-state index contributed by atoms with van der Waals surface area (Å²) < 4.78 is 1.03. The van der Waals surface area contributed by atoms with E-state index < -0.39 is 0 Å². The van der Waals surface area contributed by atoms with Crippen molar-refractivity contribution in [3.8, 4) is 0 Å². The highest BCUT2D eigenvalue weighted by Gasteiger charge is 2.14. The van der Waals surface area contributed by atoms with Crippen LogP contribution in [0.3, 0.4) is 0 Å². The monoisotopic (exact) mass is 395 g/mol. The molecule has 1 unspecified atom stereocenters. The first-order valence-electron chi connectivity index (χ1n) is 7.54. The molecule has 0 aliphatic heterocycles. The Hall–Kier alpha value is -1.36. The normalized spacial score (nSPS) is 13.4. The van der Waals surface area contributed by atoms with Gasteiger partial charge in [-0.05, 0) is 36.8 Å². The number of carbonyl (C=O) groups excluding carboxylic acids is 1. The summed E-state index contributed by atoms with van der Waals surface area (Å²) in [4.78, 5) is 13.3. The van der Waals surface area contributed by atoms with E-state index in [0.717, 1.165) is 26.5 Å². The summed E-state index contributed by atoms with van der Waals surface area (Å²) in [7, 11) is 2.01. The van der Waals surface area contributed by atoms with Gasteiger partial charge in [0.15, 0.2) is 6.54 Å². The van der Waals surface area contributed by atoms with Crippen LogP contribution in [0.4, 0.5) is 0 Å². The van der Waals surface area contributed by atoms with E-state index in [2.05, 4.69) is 21.2 Å². The number of likely N-dealkylation sites (N-methyl/N-ethyl adjacent to an activating group) is 1. The lowest BCUT2D eigenvalue weighted by atomic mass is 10.1. The summed E-state index contributed by atoms with van der Waals surface area (Å²) in [5.41, 5.74) is 2.26. The van der Waals surface area contributed by atoms with Crippen molar-refractivity contribution in [2.24, 2.45) is 0 Å². The van der Waals surface area contributed by atoms with Crippen LogP contribution in [0.15, 0.2) is 53.0 Å². The fourth-order valence-corrected chi connectivity index (χ4v) is 2.80. The Morgan fingerprint density at radius 2 is 1.78 bits per heavy atom. The molecule has 3 nitrogen and oxygen atoms in total. The van der Waals surface area contributed by atoms with Gasteiger partial charge in [0.25, 0.3) is 5.91 Å². The number of rotatable bonds is 6. The lowest BCUT2D eigenvalue weighted by Crippen LogP contribution is -3.08. The molecule has 0 aliphatic carbocycles. The van der Waals surface area contributed by atoms with Crippen molar-refractivity contribution in [1.29, 1.82) is 0 Å². The lowest BCUT2D eigenvalue weighted by molar-refractivity contribution is -0.885. The Kier molecular flexibility index (Phi) is 6.63. The highest BCUT2D eigenvalue weighted by Crippen LogP contribution is 2.16. The Morgan fingerprint density at radius 1 is 1.17 bits per heavy atom. The van der Waals surface area contributed by atoms with Crippen LogP contribution < -0.4 is 10.2 Å². The summed E-state index contributed by atoms with van der Waals surface area (Å²) in [6.45, 7) is 3.22. The van der Waals surface area contributed by atoms with E-state index in [1.807, 2.05) is 62.5 Å². The molecule has 122 valence electrons. The van der Waals surface area contributed by atoms with Crippen LogP contribution in [0.5, 0.6) is 0 Å². The summed E-state index contributed by atoms with van der Waals surface area (Å²) in [6.07, 6.45) is 0. The average molecular weight is 397 g/mol. The van der Waals surface area contributed by atoms with Gasteiger partial charge in [-0.15, -0.1) is 0 Å². The minimum absolute atomic E-state index is 0.000989. The number of nitrogens with one attached hydrogen (secondary N) is 2. The quantitative estimate of drug-likeness (QED) is 0.773. The zero-order valence-electron chi connectivity index (χ0n) is 13.3. The summed E-state index contributed by atoms with van der Waals surface area (Å²) in [5.74, 6) is 0.0480. The molecule has 0 saturated heterocycles. The number of halogens is 2. The van der Waals surface area contributed by atoms with Crippen molar-refractivity contribution in [1.82, 2.24) is 5.32 Å². The van der Waals surface area contributed by atoms with Crippen LogP contribution in [0.2, 0.25) is 5.02 Å². The smallest absolute Gasteiger partial charge is 0.275 e. The SMILES string of the molecule is C[C@H](NC(=O)C[NH+](C)Cc1ccc(Cl)cc1)c1ccc(Br)cc1. The molecule has 0 spiro atoms. The number of hydrogen-bond acceptors (Lipinski definition) is 1. The van der Waals surface area contributed by atoms with Crippen LogP contribution in [0, 0.1) is 0 Å². The molecule has 0 bridgehead atoms. The molecule has 0 heterocycles. The Bertz CT molecular complexity index is 643. The second kappa shape index (κ2) is 8.48. The van der Waals surface area contributed by atoms with Crippen molar-refractivity contribution < 1.29 is 9.69 Å². The van der Waals surface area contributed by atoms with Crippen LogP contribution in [0.25, 0.3) is 0 Å². The molecular weight excluding hydrogens is 376 g/mol. The predicted octanol–water partition coefficient (Wildman–Crippen LogP) is 2.99. The topological polar surface area (TPSA) is 33.5 Å². The van der Waals surface area contributed by atoms with E-state index in [-0.39, 0.29) is 11.9 Å². The Morgan fingerprint density at radius 3 is 2.39 bits per heavy atom. The van der Waals surface area contributed by atoms with Crippen LogP contribution >= 0.6 is 27.5 Å². The second-order valence-corrected chi connectivity index (χ2v) is 7.13. The Balaban J connectivity index is 1.83. The molecule has 0 saturated carbocycles. The lowest BCUT2D eigenvalue weighted by Gasteiger charge is -2.17. The number of carbonyl (C=O) groups is 1. The van der Waals surface area contributed by atoms with Gasteiger partial charge in [-0.1, -0.05) is 51.8 Å². The molecule has 2 N–H and O–H groups in total. The molecular formula is C18H21BrClN2O+. The molecule has 0 aromatic heterocycles. The number of quaternary nitrogens is 1. The van der Waals surface area contributed by atoms with Gasteiger partial charge >= 0.3 is 0 Å². The Labute approximate surface area is 150 Å². The second-order valence-electron chi connectivity index (χ2n) is 5.78. The third kappa shape index (κ3) is 5.98. The molecule has 1 amide bonds. The highest BCUT2D eigenvalue weighted by molar-refractivity contribution is 9.10. The van der Waals surface area contributed by atoms with Gasteiger partial charge in [0.05, 0.1) is 13.1 Å². The fraction of sp³-hybridized carbons (Fsp3) is 0.278. The molecule has 0 radical (unpaired) electrons. The zero-order chi connectivity index (χ0) is 16.8. The van der Waals surface area contributed by atoms with Crippen molar-refractivity contribution >= 4 is 33.4 Å². The van der Waals surface area contributed by atoms with Gasteiger partial charge in [0.1, 0.15) is 6.54 Å². The maximum absolute atomic E-state index is 12.2.